The first-order valence-electron chi connectivity index (χ1n) is 12.8. The minimum absolute atomic E-state index is 0.00128. The number of carbonyl (C=O) groups is 3. The molecule has 2 aromatic rings. The van der Waals surface area contributed by atoms with Crippen molar-refractivity contribution < 1.29 is 52.3 Å². The molecule has 0 saturated carbocycles. The van der Waals surface area contributed by atoms with Gasteiger partial charge in [0, 0.05) is 30.7 Å². The fourth-order valence-corrected chi connectivity index (χ4v) is 6.91. The Morgan fingerprint density at radius 1 is 1.05 bits per heavy atom. The number of carbonyl (C=O) groups excluding carboxylic acids is 3. The zero-order valence-electron chi connectivity index (χ0n) is 21.4. The lowest BCUT2D eigenvalue weighted by Crippen LogP contribution is -2.70. The molecule has 202 valence electrons. The van der Waals surface area contributed by atoms with Gasteiger partial charge < -0.3 is 37.9 Å². The van der Waals surface area contributed by atoms with E-state index in [9.17, 15) is 14.4 Å². The molecule has 0 radical (unpaired) electrons. The van der Waals surface area contributed by atoms with E-state index in [-0.39, 0.29) is 46.1 Å². The Labute approximate surface area is 222 Å². The van der Waals surface area contributed by atoms with Gasteiger partial charge in [-0.15, -0.1) is 0 Å². The second-order valence-electron chi connectivity index (χ2n) is 10.6. The van der Waals surface area contributed by atoms with Crippen LogP contribution in [0.3, 0.4) is 0 Å². The topological polar surface area (TPSA) is 128 Å². The van der Waals surface area contributed by atoms with Gasteiger partial charge in [0.15, 0.2) is 11.9 Å². The summed E-state index contributed by atoms with van der Waals surface area (Å²) in [4.78, 5) is 39.6. The van der Waals surface area contributed by atoms with Crippen molar-refractivity contribution >= 4 is 17.5 Å². The third-order valence-corrected chi connectivity index (χ3v) is 8.54. The van der Waals surface area contributed by atoms with Crippen LogP contribution in [0.2, 0.25) is 0 Å². The molecule has 0 aromatic heterocycles. The molecule has 11 heteroatoms. The summed E-state index contributed by atoms with van der Waals surface area (Å²) in [5.74, 6) is -4.29. The molecule has 0 amide bonds. The highest BCUT2D eigenvalue weighted by Gasteiger charge is 2.93. The Kier molecular flexibility index (Phi) is 4.56. The van der Waals surface area contributed by atoms with Crippen LogP contribution in [0.1, 0.15) is 62.4 Å². The maximum atomic E-state index is 14.1. The highest BCUT2D eigenvalue weighted by molar-refractivity contribution is 6.30. The van der Waals surface area contributed by atoms with Gasteiger partial charge in [-0.1, -0.05) is 12.1 Å². The first-order valence-corrected chi connectivity index (χ1v) is 12.8. The quantitative estimate of drug-likeness (QED) is 0.277. The lowest BCUT2D eigenvalue weighted by atomic mass is 9.75. The third-order valence-electron chi connectivity index (χ3n) is 8.54. The highest BCUT2D eigenvalue weighted by atomic mass is 16.9. The molecule has 2 bridgehead atoms. The SMILES string of the molecule is CO[C@@]12Oc3c4c(cc(C)c3C3OC(C5OCCCO5)(OC31)[C@]21CO1)C(=O)c1cccc(OC(C)=O)c1C4=O. The Balaban J connectivity index is 1.33. The van der Waals surface area contributed by atoms with Crippen LogP contribution >= 0.6 is 0 Å². The average Bonchev–Trinajstić information content (AvgIpc) is 3.58. The van der Waals surface area contributed by atoms with Gasteiger partial charge in [-0.3, -0.25) is 14.4 Å². The summed E-state index contributed by atoms with van der Waals surface area (Å²) in [5, 5.41) is 0. The Morgan fingerprint density at radius 3 is 2.51 bits per heavy atom. The second-order valence-corrected chi connectivity index (χ2v) is 10.6. The predicted octanol–water partition coefficient (Wildman–Crippen LogP) is 2.13. The van der Waals surface area contributed by atoms with Crippen LogP contribution in [-0.2, 0) is 33.2 Å². The molecule has 2 aromatic carbocycles. The van der Waals surface area contributed by atoms with E-state index >= 15 is 0 Å². The van der Waals surface area contributed by atoms with E-state index in [0.717, 1.165) is 6.42 Å². The molecule has 3 unspecified atom stereocenters. The fourth-order valence-electron chi connectivity index (χ4n) is 6.91. The molecule has 1 aliphatic carbocycles. The first-order chi connectivity index (χ1) is 18.8. The molecule has 4 fully saturated rings. The van der Waals surface area contributed by atoms with Gasteiger partial charge >= 0.3 is 5.97 Å². The van der Waals surface area contributed by atoms with Gasteiger partial charge in [-0.05, 0) is 31.0 Å². The van der Waals surface area contributed by atoms with Crippen molar-refractivity contribution in [3.63, 3.8) is 0 Å². The number of hydrogen-bond acceptors (Lipinski definition) is 11. The summed E-state index contributed by atoms with van der Waals surface area (Å²) in [7, 11) is 1.48. The van der Waals surface area contributed by atoms with E-state index in [1.54, 1.807) is 18.2 Å². The van der Waals surface area contributed by atoms with Crippen molar-refractivity contribution in [2.45, 2.75) is 55.9 Å². The molecule has 5 heterocycles. The smallest absolute Gasteiger partial charge is 0.308 e. The second kappa shape index (κ2) is 7.51. The van der Waals surface area contributed by atoms with Crippen LogP contribution in [-0.4, -0.2) is 74.0 Å². The molecule has 4 saturated heterocycles. The number of rotatable bonds is 3. The summed E-state index contributed by atoms with van der Waals surface area (Å²) < 4.78 is 49.1. The zero-order valence-corrected chi connectivity index (χ0v) is 21.4. The minimum Gasteiger partial charge on any atom is -0.455 e. The summed E-state index contributed by atoms with van der Waals surface area (Å²) in [6.07, 6.45) is -1.62. The number of ether oxygens (including phenoxy) is 8. The molecule has 39 heavy (non-hydrogen) atoms. The van der Waals surface area contributed by atoms with Gasteiger partial charge in [0.1, 0.15) is 17.6 Å². The maximum Gasteiger partial charge on any atom is 0.308 e. The molecular formula is C28H24O11. The molecule has 5 atom stereocenters. The fraction of sp³-hybridized carbons (Fsp3) is 0.464. The van der Waals surface area contributed by atoms with Gasteiger partial charge in [-0.2, -0.15) is 0 Å². The van der Waals surface area contributed by atoms with E-state index in [0.29, 0.717) is 24.3 Å². The Bertz CT molecular complexity index is 1500. The van der Waals surface area contributed by atoms with E-state index in [1.165, 1.54) is 20.1 Å². The normalized spacial score (nSPS) is 35.4. The largest absolute Gasteiger partial charge is 0.455 e. The minimum atomic E-state index is -1.51. The molecule has 0 N–H and O–H groups in total. The number of epoxide rings is 1. The molecule has 6 aliphatic rings. The molecular weight excluding hydrogens is 512 g/mol. The van der Waals surface area contributed by atoms with Gasteiger partial charge in [0.25, 0.3) is 11.6 Å². The highest BCUT2D eigenvalue weighted by Crippen LogP contribution is 2.71. The monoisotopic (exact) mass is 536 g/mol. The number of fused-ring (bicyclic) bond motifs is 8. The first kappa shape index (κ1) is 23.7. The summed E-state index contributed by atoms with van der Waals surface area (Å²) in [6, 6.07) is 6.26. The summed E-state index contributed by atoms with van der Waals surface area (Å²) >= 11 is 0. The van der Waals surface area contributed by atoms with Gasteiger partial charge in [0.05, 0.1) is 30.9 Å². The van der Waals surface area contributed by atoms with E-state index in [2.05, 4.69) is 0 Å². The van der Waals surface area contributed by atoms with E-state index in [1.807, 2.05) is 6.92 Å². The number of ketones is 2. The lowest BCUT2D eigenvalue weighted by Gasteiger charge is -2.50. The number of methoxy groups -OCH3 is 1. The number of hydrogen-bond donors (Lipinski definition) is 0. The van der Waals surface area contributed by atoms with Crippen molar-refractivity contribution in [3.05, 3.63) is 57.6 Å². The maximum absolute atomic E-state index is 14.1. The Morgan fingerprint density at radius 2 is 1.82 bits per heavy atom. The van der Waals surface area contributed by atoms with Crippen molar-refractivity contribution in [3.8, 4) is 11.5 Å². The summed E-state index contributed by atoms with van der Waals surface area (Å²) in [5.41, 5.74) is 0.406. The van der Waals surface area contributed by atoms with Crippen LogP contribution < -0.4 is 9.47 Å². The van der Waals surface area contributed by atoms with E-state index < -0.39 is 47.4 Å². The molecule has 1 spiro atoms. The number of benzene rings is 2. The van der Waals surface area contributed by atoms with Gasteiger partial charge in [0.2, 0.25) is 17.7 Å². The van der Waals surface area contributed by atoms with Gasteiger partial charge in [-0.25, -0.2) is 0 Å². The third kappa shape index (κ3) is 2.61. The van der Waals surface area contributed by atoms with Crippen LogP contribution in [0.5, 0.6) is 11.5 Å². The van der Waals surface area contributed by atoms with Crippen molar-refractivity contribution in [1.82, 2.24) is 0 Å². The summed E-state index contributed by atoms with van der Waals surface area (Å²) in [6.45, 7) is 4.17. The van der Waals surface area contributed by atoms with E-state index in [4.69, 9.17) is 37.9 Å². The van der Waals surface area contributed by atoms with Crippen molar-refractivity contribution in [2.24, 2.45) is 0 Å². The van der Waals surface area contributed by atoms with Crippen molar-refractivity contribution in [1.29, 1.82) is 0 Å². The van der Waals surface area contributed by atoms with Crippen LogP contribution in [0, 0.1) is 6.92 Å². The van der Waals surface area contributed by atoms with Crippen LogP contribution in [0.15, 0.2) is 24.3 Å². The lowest BCUT2D eigenvalue weighted by molar-refractivity contribution is -0.365. The molecule has 5 aliphatic heterocycles. The number of aryl methyl sites for hydroxylation is 1. The van der Waals surface area contributed by atoms with Crippen LogP contribution in [0.25, 0.3) is 0 Å². The Hall–Kier alpha value is -3.19. The zero-order chi connectivity index (χ0) is 26.9. The molecule has 11 nitrogen and oxygen atoms in total. The standard InChI is InChI=1S/C28H24O11/c1-12-10-15-19(21(31)18-14(20(15)30)6-4-7-16(18)36-13(2)29)22-17(12)23-24-27(32-3,37-22)26(11-35-26)28(38-23,39-24)25-33-8-5-9-34-25/h4,6-7,10,23-25H,5,8-9,11H2,1-3H3/t23?,24?,26-,27+,28?/m0/s1. The molecule has 8 rings (SSSR count). The predicted molar refractivity (Wildman–Crippen MR) is 127 cm³/mol. The van der Waals surface area contributed by atoms with Crippen LogP contribution in [0.4, 0.5) is 0 Å². The van der Waals surface area contributed by atoms with Crippen molar-refractivity contribution in [2.75, 3.05) is 26.9 Å². The average molecular weight is 536 g/mol. The number of esters is 1.